The van der Waals surface area contributed by atoms with Crippen molar-refractivity contribution in [1.82, 2.24) is 9.78 Å². The van der Waals surface area contributed by atoms with Crippen LogP contribution in [0.1, 0.15) is 37.4 Å². The molecule has 1 N–H and O–H groups in total. The molecule has 112 valence electrons. The van der Waals surface area contributed by atoms with E-state index in [1.807, 2.05) is 18.2 Å². The summed E-state index contributed by atoms with van der Waals surface area (Å²) < 4.78 is 8.40. The first-order valence-electron chi connectivity index (χ1n) is 7.37. The summed E-state index contributed by atoms with van der Waals surface area (Å²) in [6.45, 7) is 0.722. The van der Waals surface area contributed by atoms with Gasteiger partial charge >= 0.3 is 0 Å². The van der Waals surface area contributed by atoms with Gasteiger partial charge in [-0.1, -0.05) is 28.8 Å². The molecule has 0 aliphatic heterocycles. The second-order valence-electron chi connectivity index (χ2n) is 5.46. The average molecular weight is 350 g/mol. The maximum atomic E-state index is 5.27. The molecule has 0 bridgehead atoms. The van der Waals surface area contributed by atoms with Gasteiger partial charge in [0.05, 0.1) is 25.4 Å². The van der Waals surface area contributed by atoms with Gasteiger partial charge in [-0.05, 0) is 31.0 Å². The largest absolute Gasteiger partial charge is 0.497 e. The van der Waals surface area contributed by atoms with Crippen LogP contribution in [0.2, 0.25) is 0 Å². The van der Waals surface area contributed by atoms with Gasteiger partial charge in [0.1, 0.15) is 5.75 Å². The first-order valence-corrected chi connectivity index (χ1v) is 8.16. The van der Waals surface area contributed by atoms with E-state index in [1.54, 1.807) is 7.11 Å². The van der Waals surface area contributed by atoms with Crippen LogP contribution in [-0.2, 0) is 6.54 Å². The van der Waals surface area contributed by atoms with Crippen molar-refractivity contribution in [1.29, 1.82) is 0 Å². The van der Waals surface area contributed by atoms with Crippen molar-refractivity contribution in [3.63, 3.8) is 0 Å². The molecule has 21 heavy (non-hydrogen) atoms. The lowest BCUT2D eigenvalue weighted by Gasteiger charge is -2.10. The van der Waals surface area contributed by atoms with Crippen LogP contribution >= 0.6 is 15.9 Å². The highest BCUT2D eigenvalue weighted by Crippen LogP contribution is 2.29. The zero-order valence-electron chi connectivity index (χ0n) is 12.2. The van der Waals surface area contributed by atoms with Crippen LogP contribution < -0.4 is 10.1 Å². The molecule has 0 saturated heterocycles. The number of halogens is 1. The van der Waals surface area contributed by atoms with E-state index in [-0.39, 0.29) is 0 Å². The number of benzene rings is 1. The van der Waals surface area contributed by atoms with Crippen molar-refractivity contribution in [3.8, 4) is 5.75 Å². The highest BCUT2D eigenvalue weighted by Gasteiger charge is 2.17. The number of anilines is 1. The van der Waals surface area contributed by atoms with Crippen LogP contribution in [0.25, 0.3) is 0 Å². The quantitative estimate of drug-likeness (QED) is 0.870. The number of ether oxygens (including phenoxy) is 1. The molecule has 1 aliphatic rings. The van der Waals surface area contributed by atoms with Crippen LogP contribution in [0.3, 0.4) is 0 Å². The van der Waals surface area contributed by atoms with Crippen LogP contribution in [0.5, 0.6) is 5.75 Å². The second-order valence-corrected chi connectivity index (χ2v) is 6.37. The highest BCUT2D eigenvalue weighted by molar-refractivity contribution is 9.10. The Morgan fingerprint density at radius 3 is 2.90 bits per heavy atom. The van der Waals surface area contributed by atoms with Crippen LogP contribution in [0, 0.1) is 0 Å². The molecule has 0 amide bonds. The standard InChI is InChI=1S/C16H20BrN3O/c1-21-16-9-12(17)8-14(10-16)18-11-13-6-7-20(19-13)15-4-2-3-5-15/h6-10,15,18H,2-5,11H2,1H3. The minimum atomic E-state index is 0.602. The van der Waals surface area contributed by atoms with E-state index < -0.39 is 0 Å². The molecule has 0 radical (unpaired) electrons. The molecule has 5 heteroatoms. The van der Waals surface area contributed by atoms with Gasteiger partial charge in [-0.15, -0.1) is 0 Å². The van der Waals surface area contributed by atoms with E-state index in [1.165, 1.54) is 25.7 Å². The summed E-state index contributed by atoms with van der Waals surface area (Å²) in [6, 6.07) is 8.67. The summed E-state index contributed by atoms with van der Waals surface area (Å²) >= 11 is 3.49. The van der Waals surface area contributed by atoms with Crippen molar-refractivity contribution < 1.29 is 4.74 Å². The van der Waals surface area contributed by atoms with Crippen molar-refractivity contribution in [2.75, 3.05) is 12.4 Å². The van der Waals surface area contributed by atoms with Crippen LogP contribution in [0.4, 0.5) is 5.69 Å². The molecule has 1 aromatic carbocycles. The summed E-state index contributed by atoms with van der Waals surface area (Å²) in [5, 5.41) is 8.08. The monoisotopic (exact) mass is 349 g/mol. The number of hydrogen-bond acceptors (Lipinski definition) is 3. The Morgan fingerprint density at radius 2 is 2.14 bits per heavy atom. The third kappa shape index (κ3) is 3.59. The molecule has 2 aromatic rings. The molecule has 1 heterocycles. The molecule has 1 saturated carbocycles. The average Bonchev–Trinajstić information content (AvgIpc) is 3.15. The van der Waals surface area contributed by atoms with Crippen LogP contribution in [0.15, 0.2) is 34.9 Å². The first kappa shape index (κ1) is 14.4. The molecule has 0 spiro atoms. The maximum Gasteiger partial charge on any atom is 0.122 e. The molecule has 1 aliphatic carbocycles. The summed E-state index contributed by atoms with van der Waals surface area (Å²) in [4.78, 5) is 0. The lowest BCUT2D eigenvalue weighted by Crippen LogP contribution is -2.07. The Balaban J connectivity index is 1.63. The molecular formula is C16H20BrN3O. The van der Waals surface area contributed by atoms with Gasteiger partial charge in [-0.3, -0.25) is 4.68 Å². The van der Waals surface area contributed by atoms with Gasteiger partial charge in [-0.25, -0.2) is 0 Å². The number of methoxy groups -OCH3 is 1. The third-order valence-corrected chi connectivity index (χ3v) is 4.40. The normalized spacial score (nSPS) is 15.3. The molecule has 3 rings (SSSR count). The minimum Gasteiger partial charge on any atom is -0.497 e. The molecular weight excluding hydrogens is 330 g/mol. The maximum absolute atomic E-state index is 5.27. The van der Waals surface area contributed by atoms with Gasteiger partial charge < -0.3 is 10.1 Å². The number of aromatic nitrogens is 2. The molecule has 0 atom stereocenters. The van der Waals surface area contributed by atoms with Gasteiger partial charge in [0, 0.05) is 22.4 Å². The topological polar surface area (TPSA) is 39.1 Å². The van der Waals surface area contributed by atoms with E-state index >= 15 is 0 Å². The van der Waals surface area contributed by atoms with E-state index in [0.29, 0.717) is 6.04 Å². The van der Waals surface area contributed by atoms with Crippen molar-refractivity contribution in [2.24, 2.45) is 0 Å². The fraction of sp³-hybridized carbons (Fsp3) is 0.438. The lowest BCUT2D eigenvalue weighted by atomic mass is 10.3. The van der Waals surface area contributed by atoms with E-state index in [4.69, 9.17) is 4.74 Å². The number of nitrogens with zero attached hydrogens (tertiary/aromatic N) is 2. The fourth-order valence-corrected chi connectivity index (χ4v) is 3.29. The minimum absolute atomic E-state index is 0.602. The SMILES string of the molecule is COc1cc(Br)cc(NCc2ccn(C3CCCC3)n2)c1. The fourth-order valence-electron chi connectivity index (χ4n) is 2.82. The van der Waals surface area contributed by atoms with Gasteiger partial charge in [-0.2, -0.15) is 5.10 Å². The molecule has 0 unspecified atom stereocenters. The summed E-state index contributed by atoms with van der Waals surface area (Å²) in [5.74, 6) is 0.836. The Morgan fingerprint density at radius 1 is 1.33 bits per heavy atom. The molecule has 1 fully saturated rings. The Kier molecular flexibility index (Phi) is 4.48. The smallest absolute Gasteiger partial charge is 0.122 e. The molecule has 4 nitrogen and oxygen atoms in total. The van der Waals surface area contributed by atoms with Crippen LogP contribution in [-0.4, -0.2) is 16.9 Å². The second kappa shape index (κ2) is 6.52. The summed E-state index contributed by atoms with van der Waals surface area (Å²) in [6.07, 6.45) is 7.29. The summed E-state index contributed by atoms with van der Waals surface area (Å²) in [7, 11) is 1.68. The number of nitrogens with one attached hydrogen (secondary N) is 1. The predicted octanol–water partition coefficient (Wildman–Crippen LogP) is 4.38. The van der Waals surface area contributed by atoms with Gasteiger partial charge in [0.25, 0.3) is 0 Å². The Bertz CT molecular complexity index is 605. The van der Waals surface area contributed by atoms with E-state index in [9.17, 15) is 0 Å². The number of rotatable bonds is 5. The Hall–Kier alpha value is -1.49. The highest BCUT2D eigenvalue weighted by atomic mass is 79.9. The van der Waals surface area contributed by atoms with E-state index in [2.05, 4.69) is 43.3 Å². The zero-order chi connectivity index (χ0) is 14.7. The summed E-state index contributed by atoms with van der Waals surface area (Å²) in [5.41, 5.74) is 2.09. The number of hydrogen-bond donors (Lipinski definition) is 1. The van der Waals surface area contributed by atoms with Crippen molar-refractivity contribution in [2.45, 2.75) is 38.3 Å². The van der Waals surface area contributed by atoms with Gasteiger partial charge in [0.2, 0.25) is 0 Å². The third-order valence-electron chi connectivity index (χ3n) is 3.94. The predicted molar refractivity (Wildman–Crippen MR) is 87.8 cm³/mol. The lowest BCUT2D eigenvalue weighted by molar-refractivity contribution is 0.414. The molecule has 1 aromatic heterocycles. The van der Waals surface area contributed by atoms with Gasteiger partial charge in [0.15, 0.2) is 0 Å². The Labute approximate surface area is 133 Å². The van der Waals surface area contributed by atoms with E-state index in [0.717, 1.165) is 28.1 Å². The first-order chi connectivity index (χ1) is 10.2. The van der Waals surface area contributed by atoms with Crippen molar-refractivity contribution >= 4 is 21.6 Å². The van der Waals surface area contributed by atoms with Crippen molar-refractivity contribution in [3.05, 3.63) is 40.6 Å². The zero-order valence-corrected chi connectivity index (χ0v) is 13.8.